The van der Waals surface area contributed by atoms with Crippen molar-refractivity contribution in [3.8, 4) is 0 Å². The fraction of sp³-hybridized carbons (Fsp3) is 0.500. The fourth-order valence-electron chi connectivity index (χ4n) is 3.26. The van der Waals surface area contributed by atoms with Crippen LogP contribution in [0.5, 0.6) is 0 Å². The second-order valence-corrected chi connectivity index (χ2v) is 8.61. The van der Waals surface area contributed by atoms with Crippen LogP contribution in [0.25, 0.3) is 0 Å². The summed E-state index contributed by atoms with van der Waals surface area (Å²) in [4.78, 5) is 36.3. The summed E-state index contributed by atoms with van der Waals surface area (Å²) < 4.78 is 36.9. The number of esters is 1. The van der Waals surface area contributed by atoms with E-state index < -0.39 is 34.6 Å². The Morgan fingerprint density at radius 2 is 2.04 bits per heavy atom. The molecule has 0 radical (unpaired) electrons. The molecule has 0 unspecified atom stereocenters. The van der Waals surface area contributed by atoms with E-state index in [0.717, 1.165) is 24.2 Å². The zero-order chi connectivity index (χ0) is 20.3. The van der Waals surface area contributed by atoms with Gasteiger partial charge in [0.25, 0.3) is 5.91 Å². The van der Waals surface area contributed by atoms with Crippen LogP contribution in [0.1, 0.15) is 36.5 Å². The number of rotatable bonds is 5. The van der Waals surface area contributed by atoms with Gasteiger partial charge in [-0.3, -0.25) is 4.79 Å². The van der Waals surface area contributed by atoms with Crippen LogP contribution in [0.2, 0.25) is 0 Å². The lowest BCUT2D eigenvalue weighted by Crippen LogP contribution is -2.41. The van der Waals surface area contributed by atoms with Crippen molar-refractivity contribution >= 4 is 28.0 Å². The topological polar surface area (TPSA) is 110 Å². The summed E-state index contributed by atoms with van der Waals surface area (Å²) in [7, 11) is -3.73. The van der Waals surface area contributed by atoms with Gasteiger partial charge in [0, 0.05) is 12.6 Å². The Balaban J connectivity index is 1.69. The van der Waals surface area contributed by atoms with E-state index in [1.807, 2.05) is 6.92 Å². The van der Waals surface area contributed by atoms with Crippen molar-refractivity contribution in [2.24, 2.45) is 0 Å². The molecule has 2 amide bonds. The van der Waals surface area contributed by atoms with Gasteiger partial charge in [0.1, 0.15) is 6.61 Å². The van der Waals surface area contributed by atoms with E-state index in [4.69, 9.17) is 4.74 Å². The highest BCUT2D eigenvalue weighted by Crippen LogP contribution is 2.25. The SMILES string of the molecule is C[C@@H]1CCCCN1S(=O)(=O)c1cccc(C(=O)OCC(=O)N2CCOC2=O)c1. The maximum atomic E-state index is 12.9. The van der Waals surface area contributed by atoms with E-state index in [1.165, 1.54) is 28.6 Å². The van der Waals surface area contributed by atoms with E-state index in [2.05, 4.69) is 4.74 Å². The molecule has 2 aliphatic heterocycles. The third-order valence-electron chi connectivity index (χ3n) is 4.81. The summed E-state index contributed by atoms with van der Waals surface area (Å²) in [6, 6.07) is 5.44. The summed E-state index contributed by atoms with van der Waals surface area (Å²) in [5.74, 6) is -1.54. The number of sulfonamides is 1. The Kier molecular flexibility index (Phi) is 5.99. The normalized spacial score (nSPS) is 20.7. The van der Waals surface area contributed by atoms with Crippen molar-refractivity contribution in [3.63, 3.8) is 0 Å². The van der Waals surface area contributed by atoms with Crippen LogP contribution in [0.3, 0.4) is 0 Å². The fourth-order valence-corrected chi connectivity index (χ4v) is 5.00. The van der Waals surface area contributed by atoms with Gasteiger partial charge in [-0.1, -0.05) is 12.5 Å². The molecular formula is C18H22N2O7S. The molecule has 1 aromatic carbocycles. The molecule has 0 aromatic heterocycles. The Morgan fingerprint density at radius 1 is 1.25 bits per heavy atom. The maximum absolute atomic E-state index is 12.9. The second kappa shape index (κ2) is 8.27. The van der Waals surface area contributed by atoms with Crippen LogP contribution in [0.4, 0.5) is 4.79 Å². The first-order valence-electron chi connectivity index (χ1n) is 9.07. The van der Waals surface area contributed by atoms with E-state index in [9.17, 15) is 22.8 Å². The summed E-state index contributed by atoms with van der Waals surface area (Å²) in [6.07, 6.45) is 1.80. The molecule has 2 saturated heterocycles. The van der Waals surface area contributed by atoms with E-state index in [-0.39, 0.29) is 29.7 Å². The van der Waals surface area contributed by atoms with Gasteiger partial charge in [-0.05, 0) is 38.0 Å². The number of hydrogen-bond donors (Lipinski definition) is 0. The molecule has 2 fully saturated rings. The number of imide groups is 1. The molecule has 0 N–H and O–H groups in total. The molecule has 0 aliphatic carbocycles. The minimum absolute atomic E-state index is 0.00477. The number of ether oxygens (including phenoxy) is 2. The van der Waals surface area contributed by atoms with Gasteiger partial charge in [-0.25, -0.2) is 22.9 Å². The Hall–Kier alpha value is -2.46. The minimum atomic E-state index is -3.73. The average molecular weight is 410 g/mol. The standard InChI is InChI=1S/C18H22N2O7S/c1-13-5-2-3-8-20(13)28(24,25)15-7-4-6-14(11-15)17(22)27-12-16(21)19-9-10-26-18(19)23/h4,6-7,11,13H,2-3,5,8-10,12H2,1H3/t13-/m1/s1. The molecule has 10 heteroatoms. The summed E-state index contributed by atoms with van der Waals surface area (Å²) >= 11 is 0. The van der Waals surface area contributed by atoms with Gasteiger partial charge < -0.3 is 9.47 Å². The summed E-state index contributed by atoms with van der Waals surface area (Å²) in [6.45, 7) is 1.89. The first-order chi connectivity index (χ1) is 13.3. The first kappa shape index (κ1) is 20.3. The van der Waals surface area contributed by atoms with E-state index in [0.29, 0.717) is 6.54 Å². The molecule has 0 saturated carbocycles. The smallest absolute Gasteiger partial charge is 0.416 e. The summed E-state index contributed by atoms with van der Waals surface area (Å²) in [5.41, 5.74) is 0.0162. The van der Waals surface area contributed by atoms with Crippen molar-refractivity contribution < 1.29 is 32.3 Å². The van der Waals surface area contributed by atoms with Gasteiger partial charge in [0.15, 0.2) is 6.61 Å². The Morgan fingerprint density at radius 3 is 2.71 bits per heavy atom. The monoisotopic (exact) mass is 410 g/mol. The highest BCUT2D eigenvalue weighted by molar-refractivity contribution is 7.89. The third-order valence-corrected chi connectivity index (χ3v) is 6.82. The Labute approximate surface area is 163 Å². The third kappa shape index (κ3) is 4.17. The number of cyclic esters (lactones) is 1. The van der Waals surface area contributed by atoms with Gasteiger partial charge in [-0.15, -0.1) is 0 Å². The number of amides is 2. The molecule has 9 nitrogen and oxygen atoms in total. The van der Waals surface area contributed by atoms with Crippen molar-refractivity contribution in [2.75, 3.05) is 26.3 Å². The van der Waals surface area contributed by atoms with Crippen LogP contribution in [0, 0.1) is 0 Å². The van der Waals surface area contributed by atoms with Gasteiger partial charge in [0.2, 0.25) is 10.0 Å². The van der Waals surface area contributed by atoms with Crippen molar-refractivity contribution in [1.29, 1.82) is 0 Å². The van der Waals surface area contributed by atoms with Crippen LogP contribution in [0.15, 0.2) is 29.2 Å². The molecule has 3 rings (SSSR count). The predicted molar refractivity (Wildman–Crippen MR) is 97.0 cm³/mol. The Bertz CT molecular complexity index is 884. The molecule has 1 aromatic rings. The first-order valence-corrected chi connectivity index (χ1v) is 10.5. The quantitative estimate of drug-likeness (QED) is 0.675. The lowest BCUT2D eigenvalue weighted by atomic mass is 10.1. The van der Waals surface area contributed by atoms with Crippen LogP contribution in [-0.2, 0) is 24.3 Å². The van der Waals surface area contributed by atoms with Crippen molar-refractivity contribution in [2.45, 2.75) is 37.1 Å². The van der Waals surface area contributed by atoms with Crippen molar-refractivity contribution in [1.82, 2.24) is 9.21 Å². The highest BCUT2D eigenvalue weighted by atomic mass is 32.2. The maximum Gasteiger partial charge on any atom is 0.416 e. The predicted octanol–water partition coefficient (Wildman–Crippen LogP) is 1.39. The number of carbonyl (C=O) groups is 3. The number of nitrogens with zero attached hydrogens (tertiary/aromatic N) is 2. The highest BCUT2D eigenvalue weighted by Gasteiger charge is 2.32. The largest absolute Gasteiger partial charge is 0.452 e. The zero-order valence-electron chi connectivity index (χ0n) is 15.5. The molecule has 0 bridgehead atoms. The lowest BCUT2D eigenvalue weighted by molar-refractivity contribution is -0.131. The van der Waals surface area contributed by atoms with Crippen LogP contribution >= 0.6 is 0 Å². The number of hydrogen-bond acceptors (Lipinski definition) is 7. The van der Waals surface area contributed by atoms with Gasteiger partial charge in [-0.2, -0.15) is 4.31 Å². The molecule has 2 heterocycles. The lowest BCUT2D eigenvalue weighted by Gasteiger charge is -2.32. The minimum Gasteiger partial charge on any atom is -0.452 e. The molecule has 0 spiro atoms. The molecule has 28 heavy (non-hydrogen) atoms. The van der Waals surface area contributed by atoms with Gasteiger partial charge in [0.05, 0.1) is 17.0 Å². The number of carbonyl (C=O) groups excluding carboxylic acids is 3. The van der Waals surface area contributed by atoms with Crippen LogP contribution < -0.4 is 0 Å². The number of piperidine rings is 1. The number of benzene rings is 1. The molecule has 2 aliphatic rings. The van der Waals surface area contributed by atoms with Crippen molar-refractivity contribution in [3.05, 3.63) is 29.8 Å². The second-order valence-electron chi connectivity index (χ2n) is 6.72. The molecular weight excluding hydrogens is 388 g/mol. The average Bonchev–Trinajstić information content (AvgIpc) is 3.12. The molecule has 1 atom stereocenters. The van der Waals surface area contributed by atoms with Gasteiger partial charge >= 0.3 is 12.1 Å². The van der Waals surface area contributed by atoms with E-state index >= 15 is 0 Å². The molecule has 152 valence electrons. The summed E-state index contributed by atoms with van der Waals surface area (Å²) in [5, 5.41) is 0. The van der Waals surface area contributed by atoms with E-state index in [1.54, 1.807) is 0 Å². The zero-order valence-corrected chi connectivity index (χ0v) is 16.3. The van der Waals surface area contributed by atoms with Crippen LogP contribution in [-0.4, -0.2) is 67.9 Å².